The maximum Gasteiger partial charge on any atom is 0.253 e. The monoisotopic (exact) mass is 520 g/mol. The number of carbonyl (C=O) groups excluding carboxylic acids is 4. The van der Waals surface area contributed by atoms with Gasteiger partial charge >= 0.3 is 0 Å². The minimum Gasteiger partial charge on any atom is -0.508 e. The van der Waals surface area contributed by atoms with E-state index in [-0.39, 0.29) is 41.7 Å². The number of rotatable bonds is 4. The van der Waals surface area contributed by atoms with Crippen molar-refractivity contribution >= 4 is 46.8 Å². The van der Waals surface area contributed by atoms with Gasteiger partial charge in [0.2, 0.25) is 11.8 Å². The first-order valence-electron chi connectivity index (χ1n) is 11.7. The van der Waals surface area contributed by atoms with Crippen molar-refractivity contribution in [3.63, 3.8) is 0 Å². The molecule has 1 aromatic carbocycles. The Hall–Kier alpha value is -2.58. The number of carbonyl (C=O) groups is 4. The molecular weight excluding hydrogens is 495 g/mol. The van der Waals surface area contributed by atoms with Crippen molar-refractivity contribution in [1.29, 1.82) is 0 Å². The van der Waals surface area contributed by atoms with E-state index in [9.17, 15) is 24.3 Å². The number of allylic oxidation sites excluding steroid dienone is 2. The number of hydrogen-bond acceptors (Lipinski definition) is 6. The van der Waals surface area contributed by atoms with Crippen LogP contribution in [-0.4, -0.2) is 69.0 Å². The van der Waals surface area contributed by atoms with Crippen molar-refractivity contribution in [3.05, 3.63) is 35.4 Å². The Morgan fingerprint density at radius 1 is 1.11 bits per heavy atom. The van der Waals surface area contributed by atoms with Crippen LogP contribution in [0.25, 0.3) is 0 Å². The smallest absolute Gasteiger partial charge is 0.253 e. The minimum absolute atomic E-state index is 0.0780. The van der Waals surface area contributed by atoms with Gasteiger partial charge in [-0.1, -0.05) is 24.6 Å². The standard InChI is InChI=1S/C25H26Cl2N2O6/c1-4-10-29-20(31)13-9-8-12-14(17(13)21(29)32)11-24(26)22(33)28(2)23(34)25(24,27)19(12)18-15(30)6-5-7-16(18)35-3/h5-8,13-14,17,19,30H,4,9-11H2,1-3H3/t13-,14+,17-,19+,24+,25-/m0/s1. The number of phenolic OH excluding ortho intramolecular Hbond substituents is 1. The normalized spacial score (nSPS) is 36.2. The molecule has 5 rings (SSSR count). The molecule has 10 heteroatoms. The number of phenols is 1. The highest BCUT2D eigenvalue weighted by Crippen LogP contribution is 2.66. The fourth-order valence-corrected chi connectivity index (χ4v) is 7.57. The number of hydrogen-bond donors (Lipinski definition) is 1. The molecule has 6 atom stereocenters. The van der Waals surface area contributed by atoms with Crippen LogP contribution in [0.5, 0.6) is 11.5 Å². The Labute approximate surface area is 212 Å². The van der Waals surface area contributed by atoms with E-state index in [0.29, 0.717) is 18.5 Å². The van der Waals surface area contributed by atoms with Crippen molar-refractivity contribution in [2.24, 2.45) is 17.8 Å². The minimum atomic E-state index is -1.96. The number of ether oxygens (including phenoxy) is 1. The summed E-state index contributed by atoms with van der Waals surface area (Å²) in [7, 11) is 2.75. The zero-order valence-corrected chi connectivity index (χ0v) is 21.1. The summed E-state index contributed by atoms with van der Waals surface area (Å²) in [6, 6.07) is 4.66. The molecule has 0 spiro atoms. The van der Waals surface area contributed by atoms with E-state index in [2.05, 4.69) is 0 Å². The molecule has 2 heterocycles. The van der Waals surface area contributed by atoms with Crippen LogP contribution in [-0.2, 0) is 19.2 Å². The molecule has 0 unspecified atom stereocenters. The summed E-state index contributed by atoms with van der Waals surface area (Å²) in [5, 5.41) is 10.9. The second kappa shape index (κ2) is 7.96. The first-order valence-corrected chi connectivity index (χ1v) is 12.4. The lowest BCUT2D eigenvalue weighted by Crippen LogP contribution is -2.60. The topological polar surface area (TPSA) is 104 Å². The molecule has 2 aliphatic carbocycles. The van der Waals surface area contributed by atoms with Crippen LogP contribution in [0.1, 0.15) is 37.7 Å². The number of nitrogens with zero attached hydrogens (tertiary/aromatic N) is 2. The predicted molar refractivity (Wildman–Crippen MR) is 127 cm³/mol. The predicted octanol–water partition coefficient (Wildman–Crippen LogP) is 2.80. The third-order valence-electron chi connectivity index (χ3n) is 8.10. The van der Waals surface area contributed by atoms with Gasteiger partial charge in [-0.25, -0.2) is 0 Å². The SMILES string of the molecule is CCCN1C(=O)[C@H]2[C@H](CC=C3[C@H]2C[C@@]2(Cl)C(=O)N(C)C(=O)[C@@]2(Cl)[C@H]3c2c(O)cccc2OC)C1=O. The average molecular weight is 521 g/mol. The lowest BCUT2D eigenvalue weighted by Gasteiger charge is -2.51. The van der Waals surface area contributed by atoms with Crippen molar-refractivity contribution in [1.82, 2.24) is 9.80 Å². The van der Waals surface area contributed by atoms with Crippen LogP contribution in [0.15, 0.2) is 29.8 Å². The van der Waals surface area contributed by atoms with Gasteiger partial charge in [-0.2, -0.15) is 0 Å². The van der Waals surface area contributed by atoms with E-state index in [4.69, 9.17) is 27.9 Å². The largest absolute Gasteiger partial charge is 0.508 e. The molecule has 1 N–H and O–H groups in total. The molecule has 0 radical (unpaired) electrons. The lowest BCUT2D eigenvalue weighted by molar-refractivity contribution is -0.141. The van der Waals surface area contributed by atoms with Crippen molar-refractivity contribution in [3.8, 4) is 11.5 Å². The molecule has 1 saturated carbocycles. The highest BCUT2D eigenvalue weighted by molar-refractivity contribution is 6.53. The van der Waals surface area contributed by atoms with Gasteiger partial charge < -0.3 is 9.84 Å². The Morgan fingerprint density at radius 2 is 1.83 bits per heavy atom. The summed E-state index contributed by atoms with van der Waals surface area (Å²) >= 11 is 14.2. The molecule has 186 valence electrons. The highest BCUT2D eigenvalue weighted by Gasteiger charge is 2.76. The third kappa shape index (κ3) is 2.87. The van der Waals surface area contributed by atoms with Gasteiger partial charge in [0.25, 0.3) is 11.8 Å². The van der Waals surface area contributed by atoms with Crippen LogP contribution in [0.3, 0.4) is 0 Å². The fourth-order valence-electron chi connectivity index (χ4n) is 6.57. The van der Waals surface area contributed by atoms with Crippen LogP contribution >= 0.6 is 23.2 Å². The zero-order valence-electron chi connectivity index (χ0n) is 19.6. The summed E-state index contributed by atoms with van der Waals surface area (Å²) in [4.78, 5) is 51.9. The number of fused-ring (bicyclic) bond motifs is 4. The molecule has 3 fully saturated rings. The Kier molecular flexibility index (Phi) is 5.49. The van der Waals surface area contributed by atoms with Gasteiger partial charge in [0.1, 0.15) is 11.5 Å². The van der Waals surface area contributed by atoms with Gasteiger partial charge in [-0.3, -0.25) is 29.0 Å². The maximum atomic E-state index is 13.5. The van der Waals surface area contributed by atoms with Gasteiger partial charge in [-0.05, 0) is 37.3 Å². The van der Waals surface area contributed by atoms with E-state index < -0.39 is 45.2 Å². The second-order valence-corrected chi connectivity index (χ2v) is 11.0. The molecule has 8 nitrogen and oxygen atoms in total. The average Bonchev–Trinajstić information content (AvgIpc) is 3.15. The quantitative estimate of drug-likeness (QED) is 0.371. The second-order valence-electron chi connectivity index (χ2n) is 9.72. The Balaban J connectivity index is 1.76. The van der Waals surface area contributed by atoms with E-state index in [1.54, 1.807) is 12.1 Å². The molecule has 2 aliphatic heterocycles. The summed E-state index contributed by atoms with van der Waals surface area (Å²) in [5.41, 5.74) is 0.844. The number of halogens is 2. The summed E-state index contributed by atoms with van der Waals surface area (Å²) in [6.07, 6.45) is 2.67. The Bertz CT molecular complexity index is 1200. The first-order chi connectivity index (χ1) is 16.5. The molecule has 4 amide bonds. The van der Waals surface area contributed by atoms with Gasteiger partial charge in [0.05, 0.1) is 18.9 Å². The van der Waals surface area contributed by atoms with E-state index in [0.717, 1.165) is 4.90 Å². The Morgan fingerprint density at radius 3 is 2.49 bits per heavy atom. The summed E-state index contributed by atoms with van der Waals surface area (Å²) < 4.78 is 5.52. The molecule has 1 aromatic rings. The molecule has 0 bridgehead atoms. The number of amides is 4. The molecule has 35 heavy (non-hydrogen) atoms. The molecular formula is C25H26Cl2N2O6. The number of methoxy groups -OCH3 is 1. The number of aromatic hydroxyl groups is 1. The number of imide groups is 2. The van der Waals surface area contributed by atoms with E-state index in [1.807, 2.05) is 13.0 Å². The summed E-state index contributed by atoms with van der Waals surface area (Å²) in [5.74, 6) is -4.74. The van der Waals surface area contributed by atoms with Crippen molar-refractivity contribution < 1.29 is 29.0 Å². The van der Waals surface area contributed by atoms with Crippen LogP contribution in [0.2, 0.25) is 0 Å². The highest BCUT2D eigenvalue weighted by atomic mass is 35.5. The number of benzene rings is 1. The molecule has 4 aliphatic rings. The van der Waals surface area contributed by atoms with Crippen LogP contribution in [0.4, 0.5) is 0 Å². The van der Waals surface area contributed by atoms with Gasteiger partial charge in [-0.15, -0.1) is 23.2 Å². The fraction of sp³-hybridized carbons (Fsp3) is 0.520. The number of likely N-dealkylation sites (tertiary alicyclic amines) is 2. The van der Waals surface area contributed by atoms with E-state index in [1.165, 1.54) is 25.1 Å². The van der Waals surface area contributed by atoms with Gasteiger partial charge in [0, 0.05) is 25.1 Å². The molecule has 2 saturated heterocycles. The van der Waals surface area contributed by atoms with Crippen molar-refractivity contribution in [2.45, 2.75) is 41.9 Å². The van der Waals surface area contributed by atoms with Gasteiger partial charge in [0.15, 0.2) is 9.75 Å². The van der Waals surface area contributed by atoms with E-state index >= 15 is 0 Å². The summed E-state index contributed by atoms with van der Waals surface area (Å²) in [6.45, 7) is 2.20. The van der Waals surface area contributed by atoms with Crippen LogP contribution < -0.4 is 4.74 Å². The zero-order chi connectivity index (χ0) is 25.4. The maximum absolute atomic E-state index is 13.5. The van der Waals surface area contributed by atoms with Crippen molar-refractivity contribution in [2.75, 3.05) is 20.7 Å². The number of alkyl halides is 2. The first kappa shape index (κ1) is 24.1. The van der Waals surface area contributed by atoms with Crippen LogP contribution in [0, 0.1) is 17.8 Å². The molecule has 0 aromatic heterocycles. The lowest BCUT2D eigenvalue weighted by atomic mass is 9.56. The third-order valence-corrected chi connectivity index (χ3v) is 9.52.